The predicted octanol–water partition coefficient (Wildman–Crippen LogP) is 5.44. The standard InChI is InChI=1S/C30H32F3N5O3S/c1-4-41-28(40)12-8-14-38-18-25(29(35-38)30(31,32)33)22-10-6-5-9-21(22)24-17-37(27(39)11-7-13-36(2)3)19-26-23(24)15-20(16-34)42-26/h5-7,9-11,15,18,24H,4,8,12-14,17,19H2,1-3H3/b11-7+/t24-/m0/s1. The number of alkyl halides is 3. The number of halogens is 3. The molecule has 0 saturated heterocycles. The third-order valence-corrected chi connectivity index (χ3v) is 7.88. The minimum atomic E-state index is -4.72. The number of carbonyl (C=O) groups excluding carboxylic acids is 2. The van der Waals surface area contributed by atoms with Crippen LogP contribution < -0.4 is 0 Å². The first kappa shape index (κ1) is 31.0. The number of thiophene rings is 1. The molecular weight excluding hydrogens is 567 g/mol. The number of esters is 1. The van der Waals surface area contributed by atoms with Crippen molar-refractivity contribution in [2.24, 2.45) is 0 Å². The normalized spacial score (nSPS) is 15.2. The largest absolute Gasteiger partial charge is 0.466 e. The number of aromatic nitrogens is 2. The lowest BCUT2D eigenvalue weighted by atomic mass is 9.83. The van der Waals surface area contributed by atoms with E-state index in [4.69, 9.17) is 4.74 Å². The van der Waals surface area contributed by atoms with Crippen LogP contribution in [0.5, 0.6) is 0 Å². The van der Waals surface area contributed by atoms with Crippen LogP contribution in [-0.4, -0.2) is 65.2 Å². The van der Waals surface area contributed by atoms with Gasteiger partial charge in [-0.1, -0.05) is 30.3 Å². The highest BCUT2D eigenvalue weighted by atomic mass is 32.1. The molecule has 2 aromatic heterocycles. The maximum absolute atomic E-state index is 14.3. The van der Waals surface area contributed by atoms with E-state index in [0.717, 1.165) is 10.4 Å². The molecule has 42 heavy (non-hydrogen) atoms. The van der Waals surface area contributed by atoms with E-state index in [1.165, 1.54) is 28.3 Å². The Bertz CT molecular complexity index is 1500. The molecule has 0 aliphatic carbocycles. The Kier molecular flexibility index (Phi) is 9.85. The average Bonchev–Trinajstić information content (AvgIpc) is 3.57. The molecule has 1 atom stereocenters. The molecule has 1 amide bonds. The summed E-state index contributed by atoms with van der Waals surface area (Å²) in [5.74, 6) is -1.08. The van der Waals surface area contributed by atoms with Crippen molar-refractivity contribution in [3.8, 4) is 17.2 Å². The van der Waals surface area contributed by atoms with Gasteiger partial charge in [-0.25, -0.2) is 0 Å². The Labute approximate surface area is 246 Å². The first-order chi connectivity index (χ1) is 20.0. The van der Waals surface area contributed by atoms with E-state index in [1.54, 1.807) is 48.2 Å². The van der Waals surface area contributed by atoms with Gasteiger partial charge in [0, 0.05) is 54.7 Å². The fraction of sp³-hybridized carbons (Fsp3) is 0.400. The van der Waals surface area contributed by atoms with Crippen LogP contribution in [0.25, 0.3) is 11.1 Å². The topological polar surface area (TPSA) is 91.5 Å². The Hall–Kier alpha value is -3.95. The molecule has 0 saturated carbocycles. The molecule has 3 aromatic rings. The molecule has 1 aliphatic heterocycles. The van der Waals surface area contributed by atoms with E-state index in [0.29, 0.717) is 29.1 Å². The van der Waals surface area contributed by atoms with Crippen molar-refractivity contribution in [3.05, 3.63) is 75.3 Å². The Morgan fingerprint density at radius 3 is 2.69 bits per heavy atom. The maximum atomic E-state index is 14.3. The van der Waals surface area contributed by atoms with Crippen LogP contribution in [0.15, 0.2) is 48.7 Å². The van der Waals surface area contributed by atoms with Crippen molar-refractivity contribution in [2.75, 3.05) is 33.8 Å². The summed E-state index contributed by atoms with van der Waals surface area (Å²) in [4.78, 5) is 29.7. The second kappa shape index (κ2) is 13.4. The number of aryl methyl sites for hydroxylation is 1. The van der Waals surface area contributed by atoms with Crippen molar-refractivity contribution in [2.45, 2.75) is 44.9 Å². The van der Waals surface area contributed by atoms with Crippen LogP contribution in [0, 0.1) is 11.3 Å². The molecule has 4 rings (SSSR count). The zero-order chi connectivity index (χ0) is 30.4. The maximum Gasteiger partial charge on any atom is 0.435 e. The number of benzene rings is 1. The van der Waals surface area contributed by atoms with Crippen molar-refractivity contribution >= 4 is 23.2 Å². The van der Waals surface area contributed by atoms with Gasteiger partial charge in [-0.3, -0.25) is 14.3 Å². The molecule has 0 N–H and O–H groups in total. The molecule has 0 fully saturated rings. The smallest absolute Gasteiger partial charge is 0.435 e. The van der Waals surface area contributed by atoms with Crippen LogP contribution in [0.4, 0.5) is 13.2 Å². The van der Waals surface area contributed by atoms with Crippen LogP contribution in [0.2, 0.25) is 0 Å². The van der Waals surface area contributed by atoms with Gasteiger partial charge in [0.2, 0.25) is 5.91 Å². The van der Waals surface area contributed by atoms with Crippen molar-refractivity contribution in [3.63, 3.8) is 0 Å². The van der Waals surface area contributed by atoms with Gasteiger partial charge in [0.1, 0.15) is 10.9 Å². The zero-order valence-electron chi connectivity index (χ0n) is 23.6. The molecule has 0 unspecified atom stereocenters. The number of hydrogen-bond acceptors (Lipinski definition) is 7. The number of likely N-dealkylation sites (N-methyl/N-ethyl adjacent to an activating group) is 1. The summed E-state index contributed by atoms with van der Waals surface area (Å²) < 4.78 is 48.9. The Balaban J connectivity index is 1.73. The second-order valence-electron chi connectivity index (χ2n) is 10.2. The Morgan fingerprint density at radius 2 is 2.00 bits per heavy atom. The third kappa shape index (κ3) is 7.27. The molecule has 3 heterocycles. The van der Waals surface area contributed by atoms with Gasteiger partial charge in [0.05, 0.1) is 13.2 Å². The van der Waals surface area contributed by atoms with Gasteiger partial charge in [0.25, 0.3) is 0 Å². The van der Waals surface area contributed by atoms with Crippen molar-refractivity contribution in [1.29, 1.82) is 5.26 Å². The van der Waals surface area contributed by atoms with Gasteiger partial charge < -0.3 is 14.5 Å². The monoisotopic (exact) mass is 599 g/mol. The van der Waals surface area contributed by atoms with Crippen molar-refractivity contribution < 1.29 is 27.5 Å². The van der Waals surface area contributed by atoms with E-state index in [9.17, 15) is 28.0 Å². The lowest BCUT2D eigenvalue weighted by molar-refractivity contribution is -0.143. The fourth-order valence-electron chi connectivity index (χ4n) is 4.98. The quantitative estimate of drug-likeness (QED) is 0.228. The molecule has 1 aromatic carbocycles. The molecule has 222 valence electrons. The zero-order valence-corrected chi connectivity index (χ0v) is 24.5. The number of ether oxygens (including phenoxy) is 1. The molecule has 8 nitrogen and oxygen atoms in total. The minimum Gasteiger partial charge on any atom is -0.466 e. The molecule has 0 radical (unpaired) electrons. The van der Waals surface area contributed by atoms with E-state index < -0.39 is 23.8 Å². The summed E-state index contributed by atoms with van der Waals surface area (Å²) in [5, 5.41) is 13.4. The fourth-order valence-corrected chi connectivity index (χ4v) is 6.02. The number of nitrogens with zero attached hydrogens (tertiary/aromatic N) is 5. The van der Waals surface area contributed by atoms with E-state index >= 15 is 0 Å². The average molecular weight is 600 g/mol. The minimum absolute atomic E-state index is 0.0675. The Morgan fingerprint density at radius 1 is 1.24 bits per heavy atom. The number of carbonyl (C=O) groups is 2. The molecule has 1 aliphatic rings. The lowest BCUT2D eigenvalue weighted by Crippen LogP contribution is -2.37. The first-order valence-corrected chi connectivity index (χ1v) is 14.4. The number of amides is 1. The van der Waals surface area contributed by atoms with Crippen LogP contribution in [0.1, 0.15) is 52.3 Å². The number of rotatable bonds is 10. The van der Waals surface area contributed by atoms with Gasteiger partial charge in [0.15, 0.2) is 5.69 Å². The SMILES string of the molecule is CCOC(=O)CCCn1cc(-c2ccccc2[C@@H]2CN(C(=O)/C=C/CN(C)C)Cc3sc(C#N)cc32)c(C(F)(F)F)n1. The second-order valence-corrected chi connectivity index (χ2v) is 11.3. The van der Waals surface area contributed by atoms with E-state index in [2.05, 4.69) is 11.2 Å². The summed E-state index contributed by atoms with van der Waals surface area (Å²) in [6, 6.07) is 10.7. The highest BCUT2D eigenvalue weighted by molar-refractivity contribution is 7.12. The lowest BCUT2D eigenvalue weighted by Gasteiger charge is -2.33. The molecule has 0 bridgehead atoms. The van der Waals surface area contributed by atoms with Crippen LogP contribution in [-0.2, 0) is 33.6 Å². The molecular formula is C30H32F3N5O3S. The van der Waals surface area contributed by atoms with E-state index in [-0.39, 0.29) is 44.0 Å². The highest BCUT2D eigenvalue weighted by Crippen LogP contribution is 2.44. The summed E-state index contributed by atoms with van der Waals surface area (Å²) in [5.41, 5.74) is 0.679. The van der Waals surface area contributed by atoms with Crippen molar-refractivity contribution in [1.82, 2.24) is 19.6 Å². The van der Waals surface area contributed by atoms with Gasteiger partial charge >= 0.3 is 12.1 Å². The molecule has 0 spiro atoms. The van der Waals surface area contributed by atoms with Gasteiger partial charge in [-0.2, -0.15) is 23.5 Å². The van der Waals surface area contributed by atoms with Crippen LogP contribution >= 0.6 is 11.3 Å². The third-order valence-electron chi connectivity index (χ3n) is 6.84. The summed E-state index contributed by atoms with van der Waals surface area (Å²) in [7, 11) is 3.78. The van der Waals surface area contributed by atoms with E-state index in [1.807, 2.05) is 19.0 Å². The highest BCUT2D eigenvalue weighted by Gasteiger charge is 2.39. The molecule has 12 heteroatoms. The summed E-state index contributed by atoms with van der Waals surface area (Å²) in [6.07, 6.45) is 0.254. The number of nitriles is 1. The first-order valence-electron chi connectivity index (χ1n) is 13.5. The van der Waals surface area contributed by atoms with Gasteiger partial charge in [-0.05, 0) is 50.2 Å². The summed E-state index contributed by atoms with van der Waals surface area (Å²) in [6.45, 7) is 3.17. The summed E-state index contributed by atoms with van der Waals surface area (Å²) >= 11 is 1.29. The number of hydrogen-bond donors (Lipinski definition) is 0. The van der Waals surface area contributed by atoms with Crippen LogP contribution in [0.3, 0.4) is 0 Å². The number of fused-ring (bicyclic) bond motifs is 1. The predicted molar refractivity (Wildman–Crippen MR) is 153 cm³/mol. The van der Waals surface area contributed by atoms with Gasteiger partial charge in [-0.15, -0.1) is 11.3 Å².